The van der Waals surface area contributed by atoms with Crippen LogP contribution in [-0.4, -0.2) is 37.2 Å². The van der Waals surface area contributed by atoms with Crippen molar-refractivity contribution in [1.82, 2.24) is 10.2 Å². The van der Waals surface area contributed by atoms with Crippen LogP contribution in [0.4, 0.5) is 0 Å². The molecule has 1 fully saturated rings. The van der Waals surface area contributed by atoms with Gasteiger partial charge in [-0.05, 0) is 32.5 Å². The first-order chi connectivity index (χ1) is 9.66. The third-order valence-electron chi connectivity index (χ3n) is 4.00. The molecule has 1 aromatic rings. The topological polar surface area (TPSA) is 37.6 Å². The minimum absolute atomic E-state index is 0.463. The molecule has 0 radical (unpaired) electrons. The quantitative estimate of drug-likeness (QED) is 0.833. The third kappa shape index (κ3) is 4.62. The van der Waals surface area contributed by atoms with Gasteiger partial charge in [0.15, 0.2) is 0 Å². The molecule has 1 N–H and O–H groups in total. The van der Waals surface area contributed by atoms with Gasteiger partial charge in [0.1, 0.15) is 5.76 Å². The molecule has 2 heterocycles. The van der Waals surface area contributed by atoms with Crippen LogP contribution in [0.1, 0.15) is 44.4 Å². The summed E-state index contributed by atoms with van der Waals surface area (Å²) in [6, 6.07) is 3.06. The van der Waals surface area contributed by atoms with Crippen LogP contribution >= 0.6 is 0 Å². The Morgan fingerprint density at radius 2 is 2.30 bits per heavy atom. The summed E-state index contributed by atoms with van der Waals surface area (Å²) >= 11 is 0. The van der Waals surface area contributed by atoms with Gasteiger partial charge >= 0.3 is 0 Å². The molecule has 1 unspecified atom stereocenters. The van der Waals surface area contributed by atoms with Crippen molar-refractivity contribution < 1.29 is 9.15 Å². The molecule has 114 valence electrons. The fourth-order valence-electron chi connectivity index (χ4n) is 2.61. The van der Waals surface area contributed by atoms with Gasteiger partial charge in [0, 0.05) is 17.6 Å². The van der Waals surface area contributed by atoms with Crippen molar-refractivity contribution in [2.24, 2.45) is 0 Å². The molecule has 0 aliphatic carbocycles. The molecule has 1 atom stereocenters. The maximum absolute atomic E-state index is 5.91. The van der Waals surface area contributed by atoms with E-state index in [4.69, 9.17) is 9.15 Å². The van der Waals surface area contributed by atoms with Gasteiger partial charge < -0.3 is 19.4 Å². The molecule has 1 aliphatic rings. The lowest BCUT2D eigenvalue weighted by molar-refractivity contribution is 0.0438. The Morgan fingerprint density at radius 3 is 3.05 bits per heavy atom. The summed E-state index contributed by atoms with van der Waals surface area (Å²) in [5.41, 5.74) is 1.16. The Morgan fingerprint density at radius 1 is 1.45 bits per heavy atom. The van der Waals surface area contributed by atoms with Crippen LogP contribution in [0.25, 0.3) is 0 Å². The van der Waals surface area contributed by atoms with E-state index in [9.17, 15) is 0 Å². The fourth-order valence-corrected chi connectivity index (χ4v) is 2.61. The highest BCUT2D eigenvalue weighted by molar-refractivity contribution is 5.15. The average molecular weight is 280 g/mol. The Kier molecular flexibility index (Phi) is 6.07. The second-order valence-corrected chi connectivity index (χ2v) is 6.05. The van der Waals surface area contributed by atoms with Gasteiger partial charge in [0.05, 0.1) is 26.0 Å². The molecule has 2 rings (SSSR count). The van der Waals surface area contributed by atoms with Crippen molar-refractivity contribution in [3.63, 3.8) is 0 Å². The summed E-state index contributed by atoms with van der Waals surface area (Å²) in [4.78, 5) is 2.42. The normalized spacial score (nSPS) is 20.7. The first-order valence-electron chi connectivity index (χ1n) is 7.73. The first-order valence-corrected chi connectivity index (χ1v) is 7.73. The first kappa shape index (κ1) is 15.5. The number of hydrogen-bond donors (Lipinski definition) is 1. The van der Waals surface area contributed by atoms with E-state index >= 15 is 0 Å². The average Bonchev–Trinajstić information content (AvgIpc) is 2.86. The number of nitrogens with one attached hydrogen (secondary N) is 1. The van der Waals surface area contributed by atoms with Gasteiger partial charge in [-0.2, -0.15) is 0 Å². The number of nitrogens with zero attached hydrogens (tertiary/aromatic N) is 1. The number of likely N-dealkylation sites (tertiary alicyclic amines) is 1. The molecule has 20 heavy (non-hydrogen) atoms. The monoisotopic (exact) mass is 280 g/mol. The molecule has 4 nitrogen and oxygen atoms in total. The maximum atomic E-state index is 5.91. The largest absolute Gasteiger partial charge is 0.468 e. The summed E-state index contributed by atoms with van der Waals surface area (Å²) in [5.74, 6) is 0.996. The molecule has 4 heteroatoms. The van der Waals surface area contributed by atoms with E-state index in [1.165, 1.54) is 25.8 Å². The van der Waals surface area contributed by atoms with Crippen molar-refractivity contribution in [2.45, 2.75) is 58.3 Å². The highest BCUT2D eigenvalue weighted by Gasteiger charge is 2.19. The molecule has 0 aromatic carbocycles. The van der Waals surface area contributed by atoms with Gasteiger partial charge in [-0.1, -0.05) is 20.3 Å². The van der Waals surface area contributed by atoms with Gasteiger partial charge in [-0.25, -0.2) is 0 Å². The second kappa shape index (κ2) is 7.81. The molecular weight excluding hydrogens is 252 g/mol. The Labute approximate surface area is 122 Å². The Balaban J connectivity index is 1.75. The van der Waals surface area contributed by atoms with E-state index in [0.717, 1.165) is 24.5 Å². The predicted octanol–water partition coefficient (Wildman–Crippen LogP) is 2.78. The number of piperidine rings is 1. The van der Waals surface area contributed by atoms with Crippen LogP contribution in [0, 0.1) is 0 Å². The lowest BCUT2D eigenvalue weighted by Gasteiger charge is -2.32. The molecule has 1 saturated heterocycles. The standard InChI is InChI=1S/C16H28N2O2/c1-13(2)17-10-16-14(7-9-20-16)11-19-12-15-6-4-5-8-18(15)3/h7,9,13,15,17H,4-6,8,10-12H2,1-3H3. The highest BCUT2D eigenvalue weighted by atomic mass is 16.5. The van der Waals surface area contributed by atoms with Crippen LogP contribution in [0.5, 0.6) is 0 Å². The van der Waals surface area contributed by atoms with Crippen molar-refractivity contribution in [3.8, 4) is 0 Å². The van der Waals surface area contributed by atoms with Gasteiger partial charge in [0.2, 0.25) is 0 Å². The van der Waals surface area contributed by atoms with Crippen molar-refractivity contribution in [3.05, 3.63) is 23.7 Å². The summed E-state index contributed by atoms with van der Waals surface area (Å²) < 4.78 is 11.4. The van der Waals surface area contributed by atoms with Crippen LogP contribution in [0.2, 0.25) is 0 Å². The lowest BCUT2D eigenvalue weighted by atomic mass is 10.0. The number of likely N-dealkylation sites (N-methyl/N-ethyl adjacent to an activating group) is 1. The summed E-state index contributed by atoms with van der Waals surface area (Å²) in [5, 5.41) is 3.38. The Bertz CT molecular complexity index is 390. The molecule has 0 amide bonds. The molecule has 1 aliphatic heterocycles. The predicted molar refractivity (Wildman–Crippen MR) is 80.6 cm³/mol. The second-order valence-electron chi connectivity index (χ2n) is 6.05. The van der Waals surface area contributed by atoms with Crippen LogP contribution in [0.15, 0.2) is 16.7 Å². The lowest BCUT2D eigenvalue weighted by Crippen LogP contribution is -2.39. The smallest absolute Gasteiger partial charge is 0.123 e. The van der Waals surface area contributed by atoms with Crippen LogP contribution in [0.3, 0.4) is 0 Å². The zero-order valence-corrected chi connectivity index (χ0v) is 13.0. The van der Waals surface area contributed by atoms with E-state index in [1.54, 1.807) is 6.26 Å². The van der Waals surface area contributed by atoms with E-state index in [1.807, 2.05) is 6.07 Å². The Hall–Kier alpha value is -0.840. The van der Waals surface area contributed by atoms with E-state index < -0.39 is 0 Å². The van der Waals surface area contributed by atoms with Gasteiger partial charge in [-0.3, -0.25) is 0 Å². The van der Waals surface area contributed by atoms with E-state index in [0.29, 0.717) is 18.7 Å². The summed E-state index contributed by atoms with van der Waals surface area (Å²) in [6.45, 7) is 7.71. The van der Waals surface area contributed by atoms with E-state index in [2.05, 4.69) is 31.1 Å². The number of hydrogen-bond acceptors (Lipinski definition) is 4. The summed E-state index contributed by atoms with van der Waals surface area (Å²) in [7, 11) is 2.20. The minimum atomic E-state index is 0.463. The molecular formula is C16H28N2O2. The minimum Gasteiger partial charge on any atom is -0.468 e. The number of rotatable bonds is 7. The van der Waals surface area contributed by atoms with Gasteiger partial charge in [-0.15, -0.1) is 0 Å². The molecule has 0 saturated carbocycles. The van der Waals surface area contributed by atoms with E-state index in [-0.39, 0.29) is 0 Å². The summed E-state index contributed by atoms with van der Waals surface area (Å²) in [6.07, 6.45) is 5.65. The van der Waals surface area contributed by atoms with Crippen molar-refractivity contribution >= 4 is 0 Å². The SMILES string of the molecule is CC(C)NCc1occc1COCC1CCCCN1C. The molecule has 1 aromatic heterocycles. The van der Waals surface area contributed by atoms with Gasteiger partial charge in [0.25, 0.3) is 0 Å². The highest BCUT2D eigenvalue weighted by Crippen LogP contribution is 2.17. The molecule has 0 bridgehead atoms. The number of furan rings is 1. The fraction of sp³-hybridized carbons (Fsp3) is 0.750. The third-order valence-corrected chi connectivity index (χ3v) is 4.00. The van der Waals surface area contributed by atoms with Crippen LogP contribution in [-0.2, 0) is 17.9 Å². The van der Waals surface area contributed by atoms with Crippen molar-refractivity contribution in [1.29, 1.82) is 0 Å². The zero-order chi connectivity index (χ0) is 14.4. The zero-order valence-electron chi connectivity index (χ0n) is 13.0. The molecule has 0 spiro atoms. The van der Waals surface area contributed by atoms with Crippen LogP contribution < -0.4 is 5.32 Å². The number of ether oxygens (including phenoxy) is 1. The maximum Gasteiger partial charge on any atom is 0.123 e. The van der Waals surface area contributed by atoms with Crippen molar-refractivity contribution in [2.75, 3.05) is 20.2 Å².